The molecule has 1 amide bonds. The van der Waals surface area contributed by atoms with Gasteiger partial charge in [0.1, 0.15) is 17.2 Å². The number of carboxylic acids is 1. The van der Waals surface area contributed by atoms with E-state index in [9.17, 15) is 18.4 Å². The van der Waals surface area contributed by atoms with Gasteiger partial charge in [0, 0.05) is 17.2 Å². The predicted octanol–water partition coefficient (Wildman–Crippen LogP) is 2.77. The lowest BCUT2D eigenvalue weighted by Crippen LogP contribution is -2.15. The van der Waals surface area contributed by atoms with Gasteiger partial charge in [0.25, 0.3) is 5.91 Å². The van der Waals surface area contributed by atoms with Crippen molar-refractivity contribution in [3.63, 3.8) is 0 Å². The highest BCUT2D eigenvalue weighted by Gasteiger charge is 2.18. The number of carbonyl (C=O) groups excluding carboxylic acids is 1. The number of nitrogens with one attached hydrogen (secondary N) is 1. The van der Waals surface area contributed by atoms with Crippen LogP contribution in [0.2, 0.25) is 0 Å². The Balaban J connectivity index is 2.15. The van der Waals surface area contributed by atoms with Crippen LogP contribution in [0.3, 0.4) is 0 Å². The number of aliphatic carboxylic acids is 1. The van der Waals surface area contributed by atoms with E-state index in [4.69, 9.17) is 5.11 Å². The number of carbonyl (C=O) groups is 2. The summed E-state index contributed by atoms with van der Waals surface area (Å²) >= 11 is 0.971. The summed E-state index contributed by atoms with van der Waals surface area (Å²) in [4.78, 5) is 26.4. The van der Waals surface area contributed by atoms with Crippen molar-refractivity contribution < 1.29 is 23.5 Å². The summed E-state index contributed by atoms with van der Waals surface area (Å²) in [6.07, 6.45) is 3.53. The van der Waals surface area contributed by atoms with Gasteiger partial charge in [-0.15, -0.1) is 0 Å². The molecule has 2 aromatic rings. The van der Waals surface area contributed by atoms with E-state index in [1.54, 1.807) is 0 Å². The molecule has 0 atom stereocenters. The Kier molecular flexibility index (Phi) is 4.39. The molecule has 2 rings (SSSR count). The number of aromatic nitrogens is 1. The zero-order valence-corrected chi connectivity index (χ0v) is 11.2. The number of thiazole rings is 1. The molecule has 0 saturated carbocycles. The fourth-order valence-corrected chi connectivity index (χ4v) is 2.16. The second kappa shape index (κ2) is 6.23. The van der Waals surface area contributed by atoms with Crippen molar-refractivity contribution >= 4 is 34.4 Å². The number of anilines is 1. The van der Waals surface area contributed by atoms with Crippen molar-refractivity contribution in [2.75, 3.05) is 5.32 Å². The molecule has 1 aromatic carbocycles. The highest BCUT2D eigenvalue weighted by Crippen LogP contribution is 2.21. The van der Waals surface area contributed by atoms with E-state index in [1.807, 2.05) is 0 Å². The third-order valence-electron chi connectivity index (χ3n) is 2.32. The van der Waals surface area contributed by atoms with Crippen LogP contribution in [0, 0.1) is 11.6 Å². The number of hydrogen-bond acceptors (Lipinski definition) is 4. The highest BCUT2D eigenvalue weighted by atomic mass is 32.1. The Morgan fingerprint density at radius 3 is 2.57 bits per heavy atom. The van der Waals surface area contributed by atoms with Crippen molar-refractivity contribution in [3.05, 3.63) is 52.5 Å². The molecule has 2 N–H and O–H groups in total. The smallest absolute Gasteiger partial charge is 0.328 e. The van der Waals surface area contributed by atoms with Gasteiger partial charge in [0.15, 0.2) is 5.13 Å². The van der Waals surface area contributed by atoms with Gasteiger partial charge in [-0.05, 0) is 18.2 Å². The first kappa shape index (κ1) is 14.8. The Hall–Kier alpha value is -2.61. The van der Waals surface area contributed by atoms with E-state index >= 15 is 0 Å². The zero-order chi connectivity index (χ0) is 15.4. The molecule has 5 nitrogen and oxygen atoms in total. The Bertz CT molecular complexity index is 708. The Morgan fingerprint density at radius 2 is 1.95 bits per heavy atom. The molecule has 0 spiro atoms. The van der Waals surface area contributed by atoms with Crippen LogP contribution in [-0.4, -0.2) is 22.0 Å². The normalized spacial score (nSPS) is 10.8. The van der Waals surface area contributed by atoms with Crippen molar-refractivity contribution in [1.82, 2.24) is 4.98 Å². The summed E-state index contributed by atoms with van der Waals surface area (Å²) in [5, 5.41) is 10.8. The number of halogens is 2. The minimum atomic E-state index is -1.12. The lowest BCUT2D eigenvalue weighted by Gasteiger charge is -2.03. The molecule has 0 saturated heterocycles. The monoisotopic (exact) mass is 310 g/mol. The number of amides is 1. The molecule has 21 heavy (non-hydrogen) atoms. The SMILES string of the molecule is O=C(O)C=Cc1cnc(NC(=O)c2c(F)cccc2F)s1. The maximum Gasteiger partial charge on any atom is 0.328 e. The van der Waals surface area contributed by atoms with E-state index in [0.29, 0.717) is 4.88 Å². The Labute approximate surface area is 121 Å². The summed E-state index contributed by atoms with van der Waals surface area (Å²) in [7, 11) is 0. The molecule has 0 fully saturated rings. The van der Waals surface area contributed by atoms with E-state index < -0.39 is 29.1 Å². The number of hydrogen-bond donors (Lipinski definition) is 2. The number of carboxylic acid groups (broad SMARTS) is 1. The third-order valence-corrected chi connectivity index (χ3v) is 3.20. The average molecular weight is 310 g/mol. The minimum Gasteiger partial charge on any atom is -0.478 e. The lowest BCUT2D eigenvalue weighted by atomic mass is 10.2. The van der Waals surface area contributed by atoms with Gasteiger partial charge in [0.05, 0.1) is 0 Å². The van der Waals surface area contributed by atoms with Gasteiger partial charge < -0.3 is 5.11 Å². The minimum absolute atomic E-state index is 0.104. The molecule has 1 aromatic heterocycles. The van der Waals surface area contributed by atoms with E-state index in [2.05, 4.69) is 10.3 Å². The molecular weight excluding hydrogens is 302 g/mol. The van der Waals surface area contributed by atoms with E-state index in [0.717, 1.165) is 35.6 Å². The van der Waals surface area contributed by atoms with Gasteiger partial charge in [-0.3, -0.25) is 10.1 Å². The van der Waals surface area contributed by atoms with Crippen LogP contribution in [-0.2, 0) is 4.79 Å². The van der Waals surface area contributed by atoms with Crippen molar-refractivity contribution in [1.29, 1.82) is 0 Å². The summed E-state index contributed by atoms with van der Waals surface area (Å²) in [5.41, 5.74) is -0.699. The molecule has 0 aliphatic carbocycles. The molecule has 0 aliphatic heterocycles. The number of benzene rings is 1. The van der Waals surface area contributed by atoms with Gasteiger partial charge in [-0.1, -0.05) is 17.4 Å². The highest BCUT2D eigenvalue weighted by molar-refractivity contribution is 7.16. The van der Waals surface area contributed by atoms with Gasteiger partial charge in [-0.25, -0.2) is 18.6 Å². The fraction of sp³-hybridized carbons (Fsp3) is 0. The molecular formula is C13H8F2N2O3S. The first-order valence-corrected chi connectivity index (χ1v) is 6.41. The maximum atomic E-state index is 13.4. The van der Waals surface area contributed by atoms with Crippen LogP contribution in [0.1, 0.15) is 15.2 Å². The summed E-state index contributed by atoms with van der Waals surface area (Å²) in [6, 6.07) is 3.10. The van der Waals surface area contributed by atoms with Crippen LogP contribution < -0.4 is 5.32 Å². The predicted molar refractivity (Wildman–Crippen MR) is 73.1 cm³/mol. The van der Waals surface area contributed by atoms with Crippen molar-refractivity contribution in [3.8, 4) is 0 Å². The van der Waals surface area contributed by atoms with Gasteiger partial charge in [-0.2, -0.15) is 0 Å². The number of rotatable bonds is 4. The molecule has 108 valence electrons. The topological polar surface area (TPSA) is 79.3 Å². The van der Waals surface area contributed by atoms with Crippen LogP contribution >= 0.6 is 11.3 Å². The summed E-state index contributed by atoms with van der Waals surface area (Å²) < 4.78 is 26.8. The van der Waals surface area contributed by atoms with Crippen molar-refractivity contribution in [2.24, 2.45) is 0 Å². The molecule has 0 unspecified atom stereocenters. The van der Waals surface area contributed by atoms with Crippen LogP contribution in [0.4, 0.5) is 13.9 Å². The van der Waals surface area contributed by atoms with E-state index in [1.165, 1.54) is 12.3 Å². The second-order valence-corrected chi connectivity index (χ2v) is 4.85. The van der Waals surface area contributed by atoms with Crippen LogP contribution in [0.5, 0.6) is 0 Å². The second-order valence-electron chi connectivity index (χ2n) is 3.79. The maximum absolute atomic E-state index is 13.4. The van der Waals surface area contributed by atoms with Gasteiger partial charge in [0.2, 0.25) is 0 Å². The first-order chi connectivity index (χ1) is 9.97. The molecule has 0 aliphatic rings. The fourth-order valence-electron chi connectivity index (χ4n) is 1.45. The van der Waals surface area contributed by atoms with Gasteiger partial charge >= 0.3 is 5.97 Å². The first-order valence-electron chi connectivity index (χ1n) is 5.59. The average Bonchev–Trinajstić information content (AvgIpc) is 2.83. The molecule has 0 radical (unpaired) electrons. The largest absolute Gasteiger partial charge is 0.478 e. The summed E-state index contributed by atoms with van der Waals surface area (Å²) in [6.45, 7) is 0. The van der Waals surface area contributed by atoms with Crippen LogP contribution in [0.15, 0.2) is 30.5 Å². The van der Waals surface area contributed by atoms with Crippen LogP contribution in [0.25, 0.3) is 6.08 Å². The number of nitrogens with zero attached hydrogens (tertiary/aromatic N) is 1. The summed E-state index contributed by atoms with van der Waals surface area (Å²) in [5.74, 6) is -4.04. The molecule has 0 bridgehead atoms. The zero-order valence-electron chi connectivity index (χ0n) is 10.3. The molecule has 8 heteroatoms. The molecule has 1 heterocycles. The lowest BCUT2D eigenvalue weighted by molar-refractivity contribution is -0.131. The standard InChI is InChI=1S/C13H8F2N2O3S/c14-8-2-1-3-9(15)11(8)12(20)17-13-16-6-7(21-13)4-5-10(18)19/h1-6H,(H,18,19)(H,16,17,20). The Morgan fingerprint density at radius 1 is 1.29 bits per heavy atom. The third kappa shape index (κ3) is 3.69. The van der Waals surface area contributed by atoms with Crippen molar-refractivity contribution in [2.45, 2.75) is 0 Å². The van der Waals surface area contributed by atoms with E-state index in [-0.39, 0.29) is 5.13 Å². The quantitative estimate of drug-likeness (QED) is 0.851.